The summed E-state index contributed by atoms with van der Waals surface area (Å²) in [6, 6.07) is -1.28. The molecule has 1 fully saturated rings. The van der Waals surface area contributed by atoms with Gasteiger partial charge in [-0.2, -0.15) is 0 Å². The van der Waals surface area contributed by atoms with Crippen molar-refractivity contribution in [3.05, 3.63) is 0 Å². The molecule has 2 unspecified atom stereocenters. The number of carbonyl (C=O) groups is 5. The van der Waals surface area contributed by atoms with Gasteiger partial charge in [-0.05, 0) is 32.1 Å². The van der Waals surface area contributed by atoms with Crippen molar-refractivity contribution in [2.75, 3.05) is 138 Å². The maximum absolute atomic E-state index is 14.3. The molecular weight excluding hydrogens is 863 g/mol. The van der Waals surface area contributed by atoms with E-state index in [0.29, 0.717) is 52.1 Å². The Morgan fingerprint density at radius 2 is 1.00 bits per heavy atom. The zero-order valence-electron chi connectivity index (χ0n) is 35.9. The fourth-order valence-corrected chi connectivity index (χ4v) is 6.84. The van der Waals surface area contributed by atoms with E-state index in [4.69, 9.17) is 50.6 Å². The van der Waals surface area contributed by atoms with E-state index in [9.17, 15) is 28.5 Å². The van der Waals surface area contributed by atoms with Gasteiger partial charge in [0.05, 0.1) is 105 Å². The number of nitrogens with zero attached hydrogens (tertiary/aromatic N) is 1. The van der Waals surface area contributed by atoms with Crippen LogP contribution < -0.4 is 39.0 Å². The number of ether oxygens (including phenoxy) is 6. The molecule has 5 amide bonds. The maximum Gasteiger partial charge on any atom is 0.254 e. The summed E-state index contributed by atoms with van der Waals surface area (Å²) in [4.78, 5) is 81.4. The number of hydrogen-bond acceptors (Lipinski definition) is 19. The number of amides is 5. The summed E-state index contributed by atoms with van der Waals surface area (Å²) in [6.07, 6.45) is 1.29. The zero-order valence-corrected chi connectivity index (χ0v) is 37.7. The molecule has 0 aromatic heterocycles. The Morgan fingerprint density at radius 3 is 1.40 bits per heavy atom. The van der Waals surface area contributed by atoms with Crippen molar-refractivity contribution in [1.82, 2.24) is 26.2 Å². The molecule has 1 saturated carbocycles. The van der Waals surface area contributed by atoms with Crippen LogP contribution in [-0.2, 0) is 76.0 Å². The predicted octanol–water partition coefficient (Wildman–Crippen LogP) is -2.08. The molecule has 2 atom stereocenters. The van der Waals surface area contributed by atoms with E-state index >= 15 is 0 Å². The second-order valence-corrected chi connectivity index (χ2v) is 17.6. The summed E-state index contributed by atoms with van der Waals surface area (Å²) < 4.78 is 50.3. The Bertz CT molecular complexity index is 1240. The van der Waals surface area contributed by atoms with E-state index in [1.54, 1.807) is 6.92 Å². The third-order valence-electron chi connectivity index (χ3n) is 8.87. The summed E-state index contributed by atoms with van der Waals surface area (Å²) in [6.45, 7) is 1.65. The monoisotopic (exact) mass is 934 g/mol. The quantitative estimate of drug-likeness (QED) is 0.0141. The van der Waals surface area contributed by atoms with Crippen LogP contribution >= 0.6 is 18.8 Å². The van der Waals surface area contributed by atoms with Crippen molar-refractivity contribution < 1.29 is 76.0 Å². The van der Waals surface area contributed by atoms with Gasteiger partial charge in [-0.25, -0.2) is 17.7 Å². The Labute approximate surface area is 369 Å². The van der Waals surface area contributed by atoms with Gasteiger partial charge in [0.1, 0.15) is 19.1 Å². The number of nitrogens with two attached hydrogens (primary N) is 3. The summed E-state index contributed by atoms with van der Waals surface area (Å²) >= 11 is 4.14. The van der Waals surface area contributed by atoms with Crippen molar-refractivity contribution in [3.63, 3.8) is 0 Å². The van der Waals surface area contributed by atoms with Gasteiger partial charge in [0.2, 0.25) is 29.5 Å². The molecule has 1 aliphatic carbocycles. The highest BCUT2D eigenvalue weighted by molar-refractivity contribution is 8.46. The first-order valence-corrected chi connectivity index (χ1v) is 23.7. The van der Waals surface area contributed by atoms with Gasteiger partial charge in [0.25, 0.3) is 6.57 Å². The highest BCUT2D eigenvalue weighted by Crippen LogP contribution is 2.53. The third-order valence-corrected chi connectivity index (χ3v) is 11.4. The highest BCUT2D eigenvalue weighted by Gasteiger charge is 2.34. The van der Waals surface area contributed by atoms with Crippen LogP contribution in [0.3, 0.4) is 0 Å². The molecule has 0 heterocycles. The number of nitrogens with one attached hydrogen (secondary N) is 4. The molecule has 362 valence electrons. The van der Waals surface area contributed by atoms with Crippen LogP contribution in [0.2, 0.25) is 0 Å². The molecule has 10 N–H and O–H groups in total. The lowest BCUT2D eigenvalue weighted by Crippen LogP contribution is -2.54. The van der Waals surface area contributed by atoms with Gasteiger partial charge in [0.15, 0.2) is 0 Å². The Hall–Kier alpha value is -2.59. The molecule has 62 heavy (non-hydrogen) atoms. The number of thiol groups is 1. The van der Waals surface area contributed by atoms with E-state index in [1.807, 2.05) is 0 Å². The second kappa shape index (κ2) is 37.8. The Kier molecular flexibility index (Phi) is 35.0. The molecule has 1 rings (SSSR count). The minimum absolute atomic E-state index is 0.0902. The van der Waals surface area contributed by atoms with Crippen LogP contribution in [0, 0.1) is 5.92 Å². The molecular formula is C36H71N8O16PS. The van der Waals surface area contributed by atoms with E-state index in [0.717, 1.165) is 4.90 Å². The van der Waals surface area contributed by atoms with Crippen molar-refractivity contribution in [2.45, 2.75) is 57.6 Å². The van der Waals surface area contributed by atoms with E-state index < -0.39 is 61.2 Å². The molecule has 0 aliphatic heterocycles. The first-order valence-electron chi connectivity index (χ1n) is 20.8. The maximum atomic E-state index is 14.3. The molecule has 0 bridgehead atoms. The summed E-state index contributed by atoms with van der Waals surface area (Å²) in [5.74, 6) is 11.6. The first kappa shape index (κ1) is 57.4. The van der Waals surface area contributed by atoms with Crippen molar-refractivity contribution >= 4 is 48.4 Å². The standard InChI is InChI=1S/C36H71N8O16PS/c1-2-61(50,62)60-30-5-3-29(4-6-30)35(48)43-31(7-8-32(45)40-9-12-51-15-18-54-21-24-57-37)36(49)44(27-33(46)41-10-13-52-16-19-55-22-25-58-38)28-34(47)42-11-14-53-17-20-56-23-26-59-39/h29-31H,2-28,37-39H2,1H3,(H,40,45)(H,41,46)(H,42,47)(H,43,48)(H,50,62). The average Bonchev–Trinajstić information content (AvgIpc) is 3.25. The Balaban J connectivity index is 3.00. The van der Waals surface area contributed by atoms with Crippen LogP contribution in [-0.4, -0.2) is 185 Å². The SMILES string of the molecule is CCP(=O)(S)OC1CCC(C(=O)NC(CCC(=O)NCCOCCOCCON)C(=O)N(CC(=O)NCCOCCOCCON)CC(=O)NCCOCCOCCON)CC1. The van der Waals surface area contributed by atoms with Gasteiger partial charge in [-0.15, -0.1) is 0 Å². The van der Waals surface area contributed by atoms with Gasteiger partial charge in [-0.3, -0.25) is 28.5 Å². The largest absolute Gasteiger partial charge is 0.377 e. The molecule has 0 aromatic rings. The predicted molar refractivity (Wildman–Crippen MR) is 226 cm³/mol. The summed E-state index contributed by atoms with van der Waals surface area (Å²) in [7, 11) is 0. The summed E-state index contributed by atoms with van der Waals surface area (Å²) in [5.41, 5.74) is 0. The topological polar surface area (TPSA) is 324 Å². The molecule has 0 spiro atoms. The van der Waals surface area contributed by atoms with E-state index in [2.05, 4.69) is 48.0 Å². The molecule has 26 heteroatoms. The van der Waals surface area contributed by atoms with Crippen LogP contribution in [0.4, 0.5) is 0 Å². The molecule has 0 radical (unpaired) electrons. The minimum atomic E-state index is -3.05. The van der Waals surface area contributed by atoms with Gasteiger partial charge >= 0.3 is 0 Å². The lowest BCUT2D eigenvalue weighted by atomic mass is 9.86. The van der Waals surface area contributed by atoms with Crippen LogP contribution in [0.15, 0.2) is 0 Å². The average molecular weight is 935 g/mol. The number of carbonyl (C=O) groups excluding carboxylic acids is 5. The van der Waals surface area contributed by atoms with Gasteiger partial charge in [-0.1, -0.05) is 19.2 Å². The van der Waals surface area contributed by atoms with Gasteiger partial charge in [0, 0.05) is 38.1 Å². The molecule has 1 aliphatic rings. The number of hydrogen-bond donors (Lipinski definition) is 8. The molecule has 24 nitrogen and oxygen atoms in total. The van der Waals surface area contributed by atoms with E-state index in [1.165, 1.54) is 0 Å². The van der Waals surface area contributed by atoms with Crippen LogP contribution in [0.5, 0.6) is 0 Å². The first-order chi connectivity index (χ1) is 30.0. The normalized spacial score (nSPS) is 16.5. The highest BCUT2D eigenvalue weighted by atomic mass is 32.7. The van der Waals surface area contributed by atoms with Crippen molar-refractivity contribution in [2.24, 2.45) is 23.6 Å². The van der Waals surface area contributed by atoms with Gasteiger partial charge < -0.3 is 73.6 Å². The van der Waals surface area contributed by atoms with E-state index in [-0.39, 0.29) is 117 Å². The van der Waals surface area contributed by atoms with Crippen LogP contribution in [0.25, 0.3) is 0 Å². The lowest BCUT2D eigenvalue weighted by molar-refractivity contribution is -0.143. The van der Waals surface area contributed by atoms with Crippen molar-refractivity contribution in [1.29, 1.82) is 0 Å². The number of rotatable bonds is 40. The second-order valence-electron chi connectivity index (χ2n) is 13.7. The Morgan fingerprint density at radius 1 is 0.613 bits per heavy atom. The van der Waals surface area contributed by atoms with Crippen LogP contribution in [0.1, 0.15) is 45.4 Å². The summed E-state index contributed by atoms with van der Waals surface area (Å²) in [5, 5.41) is 10.8. The zero-order chi connectivity index (χ0) is 45.7. The third kappa shape index (κ3) is 30.5. The molecule has 0 saturated heterocycles. The lowest BCUT2D eigenvalue weighted by Gasteiger charge is -2.31. The smallest absolute Gasteiger partial charge is 0.254 e. The fourth-order valence-electron chi connectivity index (χ4n) is 5.61. The fraction of sp³-hybridized carbons (Fsp3) is 0.861. The van der Waals surface area contributed by atoms with Crippen molar-refractivity contribution in [3.8, 4) is 0 Å². The molecule has 0 aromatic carbocycles. The minimum Gasteiger partial charge on any atom is -0.377 e.